The SMILES string of the molecule is COc1cc(OC)c([C@@H]2CC(=O)C3=C2CCCO3)c(OC)c1. The van der Waals surface area contributed by atoms with Crippen LogP contribution in [0.5, 0.6) is 17.2 Å². The summed E-state index contributed by atoms with van der Waals surface area (Å²) < 4.78 is 21.9. The summed E-state index contributed by atoms with van der Waals surface area (Å²) in [5.41, 5.74) is 1.97. The van der Waals surface area contributed by atoms with Crippen LogP contribution in [0.15, 0.2) is 23.5 Å². The van der Waals surface area contributed by atoms with Crippen LogP contribution >= 0.6 is 0 Å². The third kappa shape index (κ3) is 2.30. The van der Waals surface area contributed by atoms with E-state index < -0.39 is 0 Å². The summed E-state index contributed by atoms with van der Waals surface area (Å²) in [5, 5.41) is 0. The first-order valence-corrected chi connectivity index (χ1v) is 7.38. The first kappa shape index (κ1) is 14.8. The summed E-state index contributed by atoms with van der Waals surface area (Å²) >= 11 is 0. The van der Waals surface area contributed by atoms with E-state index in [1.165, 1.54) is 0 Å². The van der Waals surface area contributed by atoms with Crippen LogP contribution in [-0.4, -0.2) is 33.7 Å². The summed E-state index contributed by atoms with van der Waals surface area (Å²) in [5.74, 6) is 2.59. The van der Waals surface area contributed by atoms with Crippen LogP contribution in [0.1, 0.15) is 30.7 Å². The molecule has 1 aliphatic heterocycles. The fourth-order valence-electron chi connectivity index (χ4n) is 3.29. The quantitative estimate of drug-likeness (QED) is 0.856. The Hall–Kier alpha value is -2.17. The van der Waals surface area contributed by atoms with Crippen LogP contribution in [0.2, 0.25) is 0 Å². The Bertz CT molecular complexity index is 607. The molecular formula is C17H20O5. The van der Waals surface area contributed by atoms with E-state index in [4.69, 9.17) is 18.9 Å². The van der Waals surface area contributed by atoms with Gasteiger partial charge in [-0.2, -0.15) is 0 Å². The van der Waals surface area contributed by atoms with Gasteiger partial charge in [0.15, 0.2) is 11.5 Å². The number of allylic oxidation sites excluding steroid dienone is 2. The van der Waals surface area contributed by atoms with Gasteiger partial charge >= 0.3 is 0 Å². The van der Waals surface area contributed by atoms with E-state index in [9.17, 15) is 4.79 Å². The second-order valence-electron chi connectivity index (χ2n) is 5.43. The highest BCUT2D eigenvalue weighted by Crippen LogP contribution is 2.49. The van der Waals surface area contributed by atoms with Crippen molar-refractivity contribution in [2.45, 2.75) is 25.2 Å². The molecule has 0 radical (unpaired) electrons. The van der Waals surface area contributed by atoms with Gasteiger partial charge in [-0.25, -0.2) is 0 Å². The molecule has 0 aromatic heterocycles. The van der Waals surface area contributed by atoms with Gasteiger partial charge in [-0.3, -0.25) is 4.79 Å². The minimum Gasteiger partial charge on any atom is -0.496 e. The van der Waals surface area contributed by atoms with E-state index in [0.29, 0.717) is 36.0 Å². The highest BCUT2D eigenvalue weighted by atomic mass is 16.5. The van der Waals surface area contributed by atoms with Crippen molar-refractivity contribution in [3.8, 4) is 17.2 Å². The van der Waals surface area contributed by atoms with E-state index in [1.54, 1.807) is 21.3 Å². The van der Waals surface area contributed by atoms with Crippen molar-refractivity contribution in [1.82, 2.24) is 0 Å². The zero-order valence-corrected chi connectivity index (χ0v) is 13.1. The lowest BCUT2D eigenvalue weighted by molar-refractivity contribution is -0.118. The first-order valence-electron chi connectivity index (χ1n) is 7.38. The van der Waals surface area contributed by atoms with Gasteiger partial charge in [-0.1, -0.05) is 0 Å². The molecule has 1 atom stereocenters. The summed E-state index contributed by atoms with van der Waals surface area (Å²) in [6, 6.07) is 3.65. The molecule has 1 aliphatic carbocycles. The number of methoxy groups -OCH3 is 3. The molecule has 0 saturated carbocycles. The van der Waals surface area contributed by atoms with Crippen molar-refractivity contribution in [1.29, 1.82) is 0 Å². The van der Waals surface area contributed by atoms with Crippen LogP contribution in [0.4, 0.5) is 0 Å². The summed E-state index contributed by atoms with van der Waals surface area (Å²) in [4.78, 5) is 12.2. The molecule has 5 nitrogen and oxygen atoms in total. The van der Waals surface area contributed by atoms with Gasteiger partial charge < -0.3 is 18.9 Å². The Balaban J connectivity index is 2.11. The van der Waals surface area contributed by atoms with Gasteiger partial charge in [-0.15, -0.1) is 0 Å². The van der Waals surface area contributed by atoms with Gasteiger partial charge in [0.2, 0.25) is 0 Å². The van der Waals surface area contributed by atoms with E-state index in [1.807, 2.05) is 12.1 Å². The average molecular weight is 304 g/mol. The normalized spacial score (nSPS) is 20.5. The van der Waals surface area contributed by atoms with Crippen LogP contribution in [0.3, 0.4) is 0 Å². The van der Waals surface area contributed by atoms with E-state index >= 15 is 0 Å². The van der Waals surface area contributed by atoms with Gasteiger partial charge in [-0.05, 0) is 18.4 Å². The fourth-order valence-corrected chi connectivity index (χ4v) is 3.29. The Labute approximate surface area is 129 Å². The highest BCUT2D eigenvalue weighted by molar-refractivity contribution is 5.98. The van der Waals surface area contributed by atoms with Gasteiger partial charge in [0.25, 0.3) is 0 Å². The first-order chi connectivity index (χ1) is 10.7. The number of benzene rings is 1. The van der Waals surface area contributed by atoms with Gasteiger partial charge in [0, 0.05) is 30.0 Å². The molecule has 5 heteroatoms. The van der Waals surface area contributed by atoms with Gasteiger partial charge in [0.05, 0.1) is 27.9 Å². The van der Waals surface area contributed by atoms with Crippen molar-refractivity contribution < 1.29 is 23.7 Å². The van der Waals surface area contributed by atoms with Crippen molar-refractivity contribution in [2.75, 3.05) is 27.9 Å². The molecule has 0 N–H and O–H groups in total. The van der Waals surface area contributed by atoms with Crippen LogP contribution < -0.4 is 14.2 Å². The minimum absolute atomic E-state index is 0.0430. The smallest absolute Gasteiger partial charge is 0.198 e. The Morgan fingerprint density at radius 3 is 2.36 bits per heavy atom. The van der Waals surface area contributed by atoms with Crippen LogP contribution in [-0.2, 0) is 9.53 Å². The second-order valence-corrected chi connectivity index (χ2v) is 5.43. The number of Topliss-reactive ketones (excluding diaryl/α,β-unsaturated/α-hetero) is 1. The largest absolute Gasteiger partial charge is 0.496 e. The Morgan fingerprint density at radius 1 is 1.09 bits per heavy atom. The summed E-state index contributed by atoms with van der Waals surface area (Å²) in [6.07, 6.45) is 2.22. The average Bonchev–Trinajstić information content (AvgIpc) is 2.90. The third-order valence-corrected chi connectivity index (χ3v) is 4.29. The zero-order chi connectivity index (χ0) is 15.7. The van der Waals surface area contributed by atoms with Crippen LogP contribution in [0.25, 0.3) is 0 Å². The molecule has 0 amide bonds. The lowest BCUT2D eigenvalue weighted by Gasteiger charge is -2.23. The molecule has 0 saturated heterocycles. The van der Waals surface area contributed by atoms with Crippen molar-refractivity contribution in [3.05, 3.63) is 29.0 Å². The molecule has 0 bridgehead atoms. The molecule has 3 rings (SSSR count). The van der Waals surface area contributed by atoms with Crippen LogP contribution in [0, 0.1) is 0 Å². The molecular weight excluding hydrogens is 284 g/mol. The minimum atomic E-state index is -0.0430. The molecule has 1 heterocycles. The standard InChI is InChI=1S/C17H20O5/c1-19-10-7-14(20-2)16(15(8-10)21-3)12-9-13(18)17-11(12)5-4-6-22-17/h7-8,12H,4-6,9H2,1-3H3/t12-/m1/s1. The predicted octanol–water partition coefficient (Wildman–Crippen LogP) is 2.83. The molecule has 1 aromatic rings. The van der Waals surface area contributed by atoms with E-state index in [0.717, 1.165) is 24.0 Å². The maximum absolute atomic E-state index is 12.2. The molecule has 2 aliphatic rings. The number of hydrogen-bond donors (Lipinski definition) is 0. The van der Waals surface area contributed by atoms with Crippen molar-refractivity contribution in [2.24, 2.45) is 0 Å². The summed E-state index contributed by atoms with van der Waals surface area (Å²) in [7, 11) is 4.82. The number of ether oxygens (including phenoxy) is 4. The molecule has 1 aromatic carbocycles. The summed E-state index contributed by atoms with van der Waals surface area (Å²) in [6.45, 7) is 0.619. The monoisotopic (exact) mass is 304 g/mol. The number of hydrogen-bond acceptors (Lipinski definition) is 5. The maximum atomic E-state index is 12.2. The number of ketones is 1. The molecule has 0 unspecified atom stereocenters. The van der Waals surface area contributed by atoms with Crippen molar-refractivity contribution >= 4 is 5.78 Å². The number of carbonyl (C=O) groups excluding carboxylic acids is 1. The molecule has 0 fully saturated rings. The highest BCUT2D eigenvalue weighted by Gasteiger charge is 2.39. The lowest BCUT2D eigenvalue weighted by Crippen LogP contribution is -2.09. The third-order valence-electron chi connectivity index (χ3n) is 4.29. The molecule has 0 spiro atoms. The van der Waals surface area contributed by atoms with E-state index in [2.05, 4.69) is 0 Å². The fraction of sp³-hybridized carbons (Fsp3) is 0.471. The zero-order valence-electron chi connectivity index (χ0n) is 13.1. The topological polar surface area (TPSA) is 54.0 Å². The van der Waals surface area contributed by atoms with E-state index in [-0.39, 0.29) is 11.7 Å². The Kier molecular flexibility index (Phi) is 3.96. The maximum Gasteiger partial charge on any atom is 0.198 e. The lowest BCUT2D eigenvalue weighted by atomic mass is 9.88. The number of carbonyl (C=O) groups is 1. The second kappa shape index (κ2) is 5.91. The van der Waals surface area contributed by atoms with Gasteiger partial charge in [0.1, 0.15) is 17.2 Å². The molecule has 22 heavy (non-hydrogen) atoms. The number of rotatable bonds is 4. The van der Waals surface area contributed by atoms with Crippen molar-refractivity contribution in [3.63, 3.8) is 0 Å². The Morgan fingerprint density at radius 2 is 1.77 bits per heavy atom. The molecule has 118 valence electrons. The predicted molar refractivity (Wildman–Crippen MR) is 80.7 cm³/mol.